The second kappa shape index (κ2) is 11.8. The first kappa shape index (κ1) is 30.6. The summed E-state index contributed by atoms with van der Waals surface area (Å²) in [4.78, 5) is 17.2. The fraction of sp³-hybridized carbons (Fsp3) is 0.0408. The smallest absolute Gasteiger partial charge is 0.143 e. The molecule has 55 heavy (non-hydrogen) atoms. The topological polar surface area (TPSA) is 56.7 Å². The third-order valence-corrected chi connectivity index (χ3v) is 12.1. The van der Waals surface area contributed by atoms with Crippen molar-refractivity contribution in [1.82, 2.24) is 19.5 Å². The molecular weight excluding hydrogens is 693 g/mol. The number of benzene rings is 6. The third kappa shape index (κ3) is 4.75. The Morgan fingerprint density at radius 2 is 1.35 bits per heavy atom. The van der Waals surface area contributed by atoms with Crippen LogP contribution in [0.5, 0.6) is 0 Å². The average Bonchev–Trinajstić information content (AvgIpc) is 3.91. The van der Waals surface area contributed by atoms with Crippen molar-refractivity contribution in [3.05, 3.63) is 163 Å². The number of hydrogen-bond acceptors (Lipinski definition) is 5. The summed E-state index contributed by atoms with van der Waals surface area (Å²) in [5, 5.41) is 8.18. The van der Waals surface area contributed by atoms with Crippen molar-refractivity contribution in [3.8, 4) is 28.3 Å². The van der Waals surface area contributed by atoms with Gasteiger partial charge in [0.1, 0.15) is 33.0 Å². The van der Waals surface area contributed by atoms with E-state index in [0.29, 0.717) is 0 Å². The van der Waals surface area contributed by atoms with E-state index in [1.807, 2.05) is 12.1 Å². The molecule has 5 heterocycles. The molecule has 0 spiro atoms. The van der Waals surface area contributed by atoms with Crippen LogP contribution in [0, 0.1) is 0 Å². The highest BCUT2D eigenvalue weighted by Gasteiger charge is 2.21. The molecule has 5 nitrogen and oxygen atoms in total. The summed E-state index contributed by atoms with van der Waals surface area (Å²) in [6.45, 7) is 0. The number of fused-ring (bicyclic) bond motifs is 10. The molecule has 258 valence electrons. The lowest BCUT2D eigenvalue weighted by Crippen LogP contribution is -2.02. The number of rotatable bonds is 4. The zero-order valence-corrected chi connectivity index (χ0v) is 30.3. The van der Waals surface area contributed by atoms with E-state index in [1.54, 1.807) is 11.3 Å². The number of furan rings is 1. The largest absolute Gasteiger partial charge is 0.456 e. The molecule has 0 aliphatic heterocycles. The second-order valence-corrected chi connectivity index (χ2v) is 15.3. The Morgan fingerprint density at radius 1 is 0.545 bits per heavy atom. The predicted octanol–water partition coefficient (Wildman–Crippen LogP) is 13.5. The van der Waals surface area contributed by atoms with Crippen LogP contribution in [0.2, 0.25) is 0 Å². The van der Waals surface area contributed by atoms with Gasteiger partial charge in [-0.15, -0.1) is 11.3 Å². The van der Waals surface area contributed by atoms with E-state index in [4.69, 9.17) is 19.4 Å². The second-order valence-electron chi connectivity index (χ2n) is 14.3. The molecule has 12 rings (SSSR count). The van der Waals surface area contributed by atoms with Crippen molar-refractivity contribution >= 4 is 91.9 Å². The van der Waals surface area contributed by atoms with Crippen LogP contribution in [0.25, 0.3) is 109 Å². The maximum absolute atomic E-state index is 6.26. The molecule has 1 aliphatic rings. The van der Waals surface area contributed by atoms with Crippen molar-refractivity contribution in [2.75, 3.05) is 0 Å². The van der Waals surface area contributed by atoms with Gasteiger partial charge in [0.05, 0.1) is 22.4 Å². The van der Waals surface area contributed by atoms with E-state index in [2.05, 4.69) is 150 Å². The van der Waals surface area contributed by atoms with Gasteiger partial charge >= 0.3 is 0 Å². The van der Waals surface area contributed by atoms with Crippen LogP contribution in [0.3, 0.4) is 0 Å². The predicted molar refractivity (Wildman–Crippen MR) is 229 cm³/mol. The number of para-hydroxylation sites is 2. The maximum atomic E-state index is 6.26. The van der Waals surface area contributed by atoms with Gasteiger partial charge in [-0.05, 0) is 101 Å². The Hall–Kier alpha value is -6.89. The highest BCUT2D eigenvalue weighted by atomic mass is 32.1. The van der Waals surface area contributed by atoms with Crippen LogP contribution in [0.1, 0.15) is 18.5 Å². The Kier molecular flexibility index (Phi) is 6.56. The van der Waals surface area contributed by atoms with Gasteiger partial charge in [-0.2, -0.15) is 0 Å². The zero-order chi connectivity index (χ0) is 36.0. The third-order valence-electron chi connectivity index (χ3n) is 11.0. The van der Waals surface area contributed by atoms with Gasteiger partial charge in [0.2, 0.25) is 0 Å². The molecule has 0 N–H and O–H groups in total. The van der Waals surface area contributed by atoms with E-state index in [-0.39, 0.29) is 0 Å². The Balaban J connectivity index is 1.05. The van der Waals surface area contributed by atoms with E-state index >= 15 is 0 Å². The van der Waals surface area contributed by atoms with Crippen LogP contribution >= 0.6 is 11.3 Å². The zero-order valence-electron chi connectivity index (χ0n) is 29.5. The lowest BCUT2D eigenvalue weighted by molar-refractivity contribution is 0.669. The van der Waals surface area contributed by atoms with Gasteiger partial charge in [0.15, 0.2) is 0 Å². The summed E-state index contributed by atoms with van der Waals surface area (Å²) >= 11 is 1.69. The number of hydrogen-bond donors (Lipinski definition) is 0. The van der Waals surface area contributed by atoms with Gasteiger partial charge in [-0.1, -0.05) is 97.1 Å². The molecule has 5 aromatic heterocycles. The summed E-state index contributed by atoms with van der Waals surface area (Å²) in [7, 11) is 0. The fourth-order valence-electron chi connectivity index (χ4n) is 8.41. The van der Waals surface area contributed by atoms with Gasteiger partial charge in [-0.3, -0.25) is 4.57 Å². The van der Waals surface area contributed by atoms with E-state index in [9.17, 15) is 0 Å². The molecule has 0 atom stereocenters. The van der Waals surface area contributed by atoms with Crippen molar-refractivity contribution < 1.29 is 4.42 Å². The first-order valence-corrected chi connectivity index (χ1v) is 19.5. The molecule has 0 unspecified atom stereocenters. The lowest BCUT2D eigenvalue weighted by Gasteiger charge is -2.13. The molecular formula is C49H30N4OS. The van der Waals surface area contributed by atoms with Crippen LogP contribution in [0.4, 0.5) is 0 Å². The van der Waals surface area contributed by atoms with Crippen LogP contribution in [-0.4, -0.2) is 19.5 Å². The molecule has 0 saturated heterocycles. The summed E-state index contributed by atoms with van der Waals surface area (Å²) in [5.74, 6) is 0.846. The Morgan fingerprint density at radius 3 is 2.25 bits per heavy atom. The normalized spacial score (nSPS) is 13.3. The summed E-state index contributed by atoms with van der Waals surface area (Å²) in [6.07, 6.45) is 8.69. The van der Waals surface area contributed by atoms with Crippen LogP contribution < -0.4 is 0 Å². The highest BCUT2D eigenvalue weighted by molar-refractivity contribution is 7.25. The summed E-state index contributed by atoms with van der Waals surface area (Å²) < 4.78 is 9.70. The number of thiophene rings is 1. The molecule has 0 fully saturated rings. The summed E-state index contributed by atoms with van der Waals surface area (Å²) in [5.41, 5.74) is 10.7. The van der Waals surface area contributed by atoms with Gasteiger partial charge in [-0.25, -0.2) is 15.0 Å². The van der Waals surface area contributed by atoms with Crippen molar-refractivity contribution in [1.29, 1.82) is 0 Å². The quantitative estimate of drug-likeness (QED) is 0.181. The molecule has 0 saturated carbocycles. The van der Waals surface area contributed by atoms with E-state index in [0.717, 1.165) is 106 Å². The van der Waals surface area contributed by atoms with Gasteiger partial charge < -0.3 is 4.42 Å². The van der Waals surface area contributed by atoms with Gasteiger partial charge in [0.25, 0.3) is 0 Å². The first-order chi connectivity index (χ1) is 27.2. The number of aromatic nitrogens is 4. The van der Waals surface area contributed by atoms with Gasteiger partial charge in [0, 0.05) is 31.6 Å². The molecule has 0 bridgehead atoms. The molecule has 0 radical (unpaired) electrons. The summed E-state index contributed by atoms with van der Waals surface area (Å²) in [6, 6.07) is 49.4. The molecule has 11 aromatic rings. The van der Waals surface area contributed by atoms with Crippen molar-refractivity contribution in [3.63, 3.8) is 0 Å². The van der Waals surface area contributed by atoms with E-state index < -0.39 is 0 Å². The van der Waals surface area contributed by atoms with E-state index in [1.165, 1.54) is 21.5 Å². The number of pyridine rings is 1. The lowest BCUT2D eigenvalue weighted by atomic mass is 10.0. The van der Waals surface area contributed by atoms with Crippen molar-refractivity contribution in [2.45, 2.75) is 12.8 Å². The number of allylic oxidation sites excluding steroid dienone is 4. The first-order valence-electron chi connectivity index (χ1n) is 18.7. The molecule has 6 aromatic carbocycles. The Bertz CT molecular complexity index is 3450. The highest BCUT2D eigenvalue weighted by Crippen LogP contribution is 2.40. The fourth-order valence-corrected chi connectivity index (χ4v) is 9.41. The van der Waals surface area contributed by atoms with Crippen LogP contribution in [-0.2, 0) is 0 Å². The minimum absolute atomic E-state index is 0.784. The molecule has 1 aliphatic carbocycles. The van der Waals surface area contributed by atoms with Crippen LogP contribution in [0.15, 0.2) is 162 Å². The standard InChI is InChI=1S/C49H30N4OS/c1-2-11-29(12-3-1)46-48(39-17-10-20-45(50-39)53-40-18-8-6-15-34(40)37-25-30-13-4-5-14-31(30)27-41(37)53)51-47-38-26-32(22-24-44(38)55-49(47)52-46)33-21-23-36-35-16-7-9-19-42(35)54-43(36)28-33/h2,4-28H,1,3H2. The molecule has 0 amide bonds. The minimum atomic E-state index is 0.784. The molecule has 6 heteroatoms. The average molecular weight is 723 g/mol. The number of nitrogens with zero attached hydrogens (tertiary/aromatic N) is 4. The Labute approximate surface area is 319 Å². The SMILES string of the molecule is C1=CC(c2nc3sc4ccc(-c5ccc6c(c5)oc5ccccc56)cc4c3nc2-c2cccc(-n3c4ccccc4c4cc5ccccc5cc43)n2)=CCC1. The minimum Gasteiger partial charge on any atom is -0.456 e. The van der Waals surface area contributed by atoms with Crippen molar-refractivity contribution in [2.24, 2.45) is 0 Å². The monoisotopic (exact) mass is 722 g/mol. The maximum Gasteiger partial charge on any atom is 0.143 e.